The molecule has 0 aliphatic rings. The molecule has 1 rings (SSSR count). The standard InChI is InChI=1S/C9H11F3N6/c10-9(11,12)5-3-1-2-4-6(5)16-7(13)17-8(14)18-15/h1-4H,15H2,(H5,13,14,16,17,18). The molecule has 0 fully saturated rings. The van der Waals surface area contributed by atoms with Crippen molar-refractivity contribution in [1.82, 2.24) is 5.43 Å². The highest BCUT2D eigenvalue weighted by Gasteiger charge is 2.33. The van der Waals surface area contributed by atoms with E-state index in [2.05, 4.69) is 9.98 Å². The van der Waals surface area contributed by atoms with Gasteiger partial charge in [-0.25, -0.2) is 10.8 Å². The number of benzene rings is 1. The van der Waals surface area contributed by atoms with Gasteiger partial charge in [0.25, 0.3) is 0 Å². The summed E-state index contributed by atoms with van der Waals surface area (Å²) >= 11 is 0. The first-order valence-corrected chi connectivity index (χ1v) is 4.65. The Kier molecular flexibility index (Phi) is 4.10. The number of para-hydroxylation sites is 1. The molecule has 0 unspecified atom stereocenters. The molecule has 9 heteroatoms. The first-order chi connectivity index (χ1) is 8.34. The van der Waals surface area contributed by atoms with Crippen LogP contribution < -0.4 is 22.7 Å². The molecule has 0 aliphatic carbocycles. The molecule has 0 aliphatic heterocycles. The van der Waals surface area contributed by atoms with Gasteiger partial charge in [0, 0.05) is 0 Å². The number of rotatable bonds is 1. The van der Waals surface area contributed by atoms with Gasteiger partial charge in [-0.15, -0.1) is 0 Å². The van der Waals surface area contributed by atoms with Crippen LogP contribution >= 0.6 is 0 Å². The number of aliphatic imine (C=N–C) groups is 2. The smallest absolute Gasteiger partial charge is 0.368 e. The lowest BCUT2D eigenvalue weighted by Gasteiger charge is -2.09. The third-order valence-corrected chi connectivity index (χ3v) is 1.83. The average molecular weight is 260 g/mol. The van der Waals surface area contributed by atoms with E-state index in [1.165, 1.54) is 12.1 Å². The van der Waals surface area contributed by atoms with Crippen molar-refractivity contribution in [2.45, 2.75) is 6.18 Å². The summed E-state index contributed by atoms with van der Waals surface area (Å²) in [6.07, 6.45) is -4.53. The van der Waals surface area contributed by atoms with E-state index in [9.17, 15) is 13.2 Å². The lowest BCUT2D eigenvalue weighted by Crippen LogP contribution is -2.38. The van der Waals surface area contributed by atoms with E-state index in [0.29, 0.717) is 0 Å². The summed E-state index contributed by atoms with van der Waals surface area (Å²) in [6.45, 7) is 0. The highest BCUT2D eigenvalue weighted by molar-refractivity contribution is 5.94. The molecule has 1 aromatic carbocycles. The van der Waals surface area contributed by atoms with Crippen molar-refractivity contribution in [1.29, 1.82) is 0 Å². The molecule has 18 heavy (non-hydrogen) atoms. The minimum Gasteiger partial charge on any atom is -0.368 e. The predicted octanol–water partition coefficient (Wildman–Crippen LogP) is 0.430. The van der Waals surface area contributed by atoms with E-state index in [1.807, 2.05) is 5.43 Å². The Balaban J connectivity index is 3.16. The molecule has 0 atom stereocenters. The SMILES string of the molecule is NNC(N)=NC(N)=Nc1ccccc1C(F)(F)F. The van der Waals surface area contributed by atoms with Gasteiger partial charge < -0.3 is 11.5 Å². The van der Waals surface area contributed by atoms with Crippen molar-refractivity contribution in [3.63, 3.8) is 0 Å². The van der Waals surface area contributed by atoms with E-state index in [1.54, 1.807) is 0 Å². The van der Waals surface area contributed by atoms with Gasteiger partial charge in [0.2, 0.25) is 11.9 Å². The highest BCUT2D eigenvalue weighted by Crippen LogP contribution is 2.35. The van der Waals surface area contributed by atoms with Crippen LogP contribution in [0.2, 0.25) is 0 Å². The van der Waals surface area contributed by atoms with E-state index < -0.39 is 17.7 Å². The number of halogens is 3. The van der Waals surface area contributed by atoms with E-state index >= 15 is 0 Å². The number of nitrogens with one attached hydrogen (secondary N) is 1. The Labute approximate surface area is 100 Å². The summed E-state index contributed by atoms with van der Waals surface area (Å²) < 4.78 is 37.9. The van der Waals surface area contributed by atoms with Gasteiger partial charge in [-0.2, -0.15) is 18.2 Å². The number of nitrogens with two attached hydrogens (primary N) is 3. The van der Waals surface area contributed by atoms with Gasteiger partial charge in [0.15, 0.2) is 0 Å². The molecule has 0 saturated heterocycles. The maximum Gasteiger partial charge on any atom is 0.418 e. The van der Waals surface area contributed by atoms with Crippen LogP contribution in [0.25, 0.3) is 0 Å². The molecule has 98 valence electrons. The van der Waals surface area contributed by atoms with Crippen molar-refractivity contribution >= 4 is 17.6 Å². The summed E-state index contributed by atoms with van der Waals surface area (Å²) in [7, 11) is 0. The third kappa shape index (κ3) is 3.63. The minimum atomic E-state index is -4.53. The van der Waals surface area contributed by atoms with Crippen LogP contribution in [0, 0.1) is 0 Å². The summed E-state index contributed by atoms with van der Waals surface area (Å²) in [4.78, 5) is 6.96. The highest BCUT2D eigenvalue weighted by atomic mass is 19.4. The quantitative estimate of drug-likeness (QED) is 0.253. The van der Waals surface area contributed by atoms with Crippen LogP contribution in [0.5, 0.6) is 0 Å². The normalized spacial score (nSPS) is 13.6. The zero-order valence-electron chi connectivity index (χ0n) is 9.07. The Hall–Kier alpha value is -2.29. The van der Waals surface area contributed by atoms with Crippen LogP contribution in [0.3, 0.4) is 0 Å². The van der Waals surface area contributed by atoms with Gasteiger partial charge in [-0.1, -0.05) is 12.1 Å². The van der Waals surface area contributed by atoms with Crippen molar-refractivity contribution in [3.8, 4) is 0 Å². The molecule has 0 bridgehead atoms. The van der Waals surface area contributed by atoms with Gasteiger partial charge in [-0.3, -0.25) is 5.43 Å². The number of nitrogens with zero attached hydrogens (tertiary/aromatic N) is 2. The summed E-state index contributed by atoms with van der Waals surface area (Å²) in [6, 6.07) is 4.70. The van der Waals surface area contributed by atoms with Crippen molar-refractivity contribution < 1.29 is 13.2 Å². The summed E-state index contributed by atoms with van der Waals surface area (Å²) in [5.41, 5.74) is 11.2. The minimum absolute atomic E-state index is 0.263. The van der Waals surface area contributed by atoms with Gasteiger partial charge >= 0.3 is 6.18 Å². The van der Waals surface area contributed by atoms with Crippen LogP contribution in [0.15, 0.2) is 34.3 Å². The van der Waals surface area contributed by atoms with Crippen LogP contribution in [0.4, 0.5) is 18.9 Å². The Morgan fingerprint density at radius 3 is 2.33 bits per heavy atom. The Morgan fingerprint density at radius 1 is 1.17 bits per heavy atom. The predicted molar refractivity (Wildman–Crippen MR) is 61.7 cm³/mol. The summed E-state index contributed by atoms with van der Waals surface area (Å²) in [5.74, 6) is 4.21. The Bertz CT molecular complexity index is 479. The molecular formula is C9H11F3N6. The summed E-state index contributed by atoms with van der Waals surface area (Å²) in [5, 5.41) is 0. The van der Waals surface area contributed by atoms with E-state index in [-0.39, 0.29) is 11.6 Å². The fraction of sp³-hybridized carbons (Fsp3) is 0.111. The van der Waals surface area contributed by atoms with Crippen LogP contribution in [0.1, 0.15) is 5.56 Å². The van der Waals surface area contributed by atoms with Crippen molar-refractivity contribution in [2.24, 2.45) is 27.3 Å². The number of hydrogen-bond acceptors (Lipinski definition) is 2. The first-order valence-electron chi connectivity index (χ1n) is 4.65. The van der Waals surface area contributed by atoms with Crippen LogP contribution in [-0.2, 0) is 6.18 Å². The molecular weight excluding hydrogens is 249 g/mol. The van der Waals surface area contributed by atoms with Crippen molar-refractivity contribution in [3.05, 3.63) is 29.8 Å². The zero-order chi connectivity index (χ0) is 13.8. The van der Waals surface area contributed by atoms with E-state index in [0.717, 1.165) is 12.1 Å². The van der Waals surface area contributed by atoms with Gasteiger partial charge in [0.05, 0.1) is 11.3 Å². The molecule has 0 aromatic heterocycles. The molecule has 0 radical (unpaired) electrons. The third-order valence-electron chi connectivity index (χ3n) is 1.83. The zero-order valence-corrected chi connectivity index (χ0v) is 9.07. The largest absolute Gasteiger partial charge is 0.418 e. The van der Waals surface area contributed by atoms with Crippen LogP contribution in [-0.4, -0.2) is 11.9 Å². The lowest BCUT2D eigenvalue weighted by atomic mass is 10.2. The monoisotopic (exact) mass is 260 g/mol. The topological polar surface area (TPSA) is 115 Å². The van der Waals surface area contributed by atoms with E-state index in [4.69, 9.17) is 17.3 Å². The molecule has 1 aromatic rings. The number of alkyl halides is 3. The number of hydrogen-bond donors (Lipinski definition) is 4. The number of guanidine groups is 2. The number of hydrazine groups is 1. The molecule has 6 nitrogen and oxygen atoms in total. The second-order valence-electron chi connectivity index (χ2n) is 3.13. The molecule has 0 amide bonds. The molecule has 7 N–H and O–H groups in total. The molecule has 0 heterocycles. The molecule has 0 saturated carbocycles. The maximum absolute atomic E-state index is 12.6. The fourth-order valence-electron chi connectivity index (χ4n) is 1.11. The lowest BCUT2D eigenvalue weighted by molar-refractivity contribution is -0.137. The van der Waals surface area contributed by atoms with Crippen molar-refractivity contribution in [2.75, 3.05) is 0 Å². The second-order valence-corrected chi connectivity index (χ2v) is 3.13. The fourth-order valence-corrected chi connectivity index (χ4v) is 1.11. The average Bonchev–Trinajstić information content (AvgIpc) is 2.27. The second kappa shape index (κ2) is 5.36. The van der Waals surface area contributed by atoms with Gasteiger partial charge in [0.1, 0.15) is 0 Å². The first kappa shape index (κ1) is 13.8. The molecule has 0 spiro atoms. The maximum atomic E-state index is 12.6. The van der Waals surface area contributed by atoms with Gasteiger partial charge in [-0.05, 0) is 12.1 Å². The Morgan fingerprint density at radius 2 is 1.78 bits per heavy atom.